The van der Waals surface area contributed by atoms with Crippen LogP contribution in [0.4, 0.5) is 4.79 Å². The number of nitrogens with one attached hydrogen (secondary N) is 2. The van der Waals surface area contributed by atoms with Crippen molar-refractivity contribution in [1.29, 1.82) is 4.78 Å². The molecule has 3 N–H and O–H groups in total. The number of rotatable bonds is 2. The van der Waals surface area contributed by atoms with Crippen molar-refractivity contribution >= 4 is 15.8 Å². The fraction of sp³-hybridized carbons (Fsp3) is 0.889. The summed E-state index contributed by atoms with van der Waals surface area (Å²) in [6.45, 7) is 5.18. The van der Waals surface area contributed by atoms with Gasteiger partial charge in [-0.25, -0.2) is 9.00 Å². The topological polar surface area (TPSA) is 99.5 Å². The van der Waals surface area contributed by atoms with Gasteiger partial charge in [-0.3, -0.25) is 4.78 Å². The van der Waals surface area contributed by atoms with E-state index >= 15 is 0 Å². The van der Waals surface area contributed by atoms with Gasteiger partial charge >= 0.3 is 6.09 Å². The summed E-state index contributed by atoms with van der Waals surface area (Å²) in [7, 11) is -2.61. The van der Waals surface area contributed by atoms with Crippen LogP contribution in [0.25, 0.3) is 0 Å². The number of aliphatic hydroxyl groups is 1. The molecule has 0 aromatic heterocycles. The molecule has 16 heavy (non-hydrogen) atoms. The number of alkyl carbamates (subject to hydrolysis) is 1. The Labute approximate surface area is 95.3 Å². The minimum absolute atomic E-state index is 0.0300. The monoisotopic (exact) mass is 250 g/mol. The lowest BCUT2D eigenvalue weighted by Crippen LogP contribution is -2.60. The van der Waals surface area contributed by atoms with Crippen molar-refractivity contribution in [3.63, 3.8) is 0 Å². The second-order valence-corrected chi connectivity index (χ2v) is 7.38. The predicted molar refractivity (Wildman–Crippen MR) is 59.8 cm³/mol. The van der Waals surface area contributed by atoms with Crippen LogP contribution in [0.5, 0.6) is 0 Å². The molecule has 0 aliphatic carbocycles. The average molecular weight is 250 g/mol. The third-order valence-corrected chi connectivity index (χ3v) is 3.97. The molecule has 0 radical (unpaired) electrons. The Hall–Kier alpha value is -0.820. The highest BCUT2D eigenvalue weighted by atomic mass is 32.2. The van der Waals surface area contributed by atoms with E-state index in [1.54, 1.807) is 20.8 Å². The van der Waals surface area contributed by atoms with Crippen molar-refractivity contribution in [2.45, 2.75) is 32.0 Å². The first-order valence-electron chi connectivity index (χ1n) is 4.95. The lowest BCUT2D eigenvalue weighted by molar-refractivity contribution is 0.0376. The van der Waals surface area contributed by atoms with Crippen molar-refractivity contribution in [2.75, 3.05) is 18.1 Å². The van der Waals surface area contributed by atoms with E-state index < -0.39 is 27.0 Å². The van der Waals surface area contributed by atoms with Gasteiger partial charge in [0.05, 0.1) is 18.1 Å². The van der Waals surface area contributed by atoms with Gasteiger partial charge < -0.3 is 15.2 Å². The lowest BCUT2D eigenvalue weighted by atomic mass is 10.1. The van der Waals surface area contributed by atoms with E-state index in [1.807, 2.05) is 0 Å². The van der Waals surface area contributed by atoms with E-state index in [9.17, 15) is 14.1 Å². The SMILES string of the molecule is CC(C)(C)OC(=O)NCC1(O)CS(=N)(=O)C1. The van der Waals surface area contributed by atoms with Crippen LogP contribution in [-0.2, 0) is 14.5 Å². The van der Waals surface area contributed by atoms with Crippen LogP contribution in [0.1, 0.15) is 20.8 Å². The third-order valence-electron chi connectivity index (χ3n) is 1.96. The molecule has 1 rings (SSSR count). The first-order valence-corrected chi connectivity index (χ1v) is 6.84. The van der Waals surface area contributed by atoms with Gasteiger partial charge in [0, 0.05) is 9.73 Å². The smallest absolute Gasteiger partial charge is 0.407 e. The zero-order valence-corrected chi connectivity index (χ0v) is 10.5. The van der Waals surface area contributed by atoms with E-state index in [1.165, 1.54) is 0 Å². The molecule has 0 unspecified atom stereocenters. The molecule has 0 aromatic carbocycles. The molecule has 1 fully saturated rings. The molecule has 0 aromatic rings. The summed E-state index contributed by atoms with van der Waals surface area (Å²) in [5.74, 6) is -0.175. The molecule has 7 heteroatoms. The van der Waals surface area contributed by atoms with Crippen molar-refractivity contribution in [3.8, 4) is 0 Å². The molecule has 6 nitrogen and oxygen atoms in total. The van der Waals surface area contributed by atoms with E-state index in [0.717, 1.165) is 0 Å². The molecule has 0 spiro atoms. The summed E-state index contributed by atoms with van der Waals surface area (Å²) in [5.41, 5.74) is -1.80. The molecule has 1 aliphatic rings. The minimum atomic E-state index is -2.61. The molecule has 0 atom stereocenters. The van der Waals surface area contributed by atoms with Crippen LogP contribution >= 0.6 is 0 Å². The summed E-state index contributed by atoms with van der Waals surface area (Å²) >= 11 is 0. The fourth-order valence-electron chi connectivity index (χ4n) is 1.48. The predicted octanol–water partition coefficient (Wildman–Crippen LogP) is 0.303. The van der Waals surface area contributed by atoms with Crippen molar-refractivity contribution < 1.29 is 18.8 Å². The van der Waals surface area contributed by atoms with Gasteiger partial charge in [0.1, 0.15) is 11.2 Å². The maximum absolute atomic E-state index is 11.2. The van der Waals surface area contributed by atoms with Crippen LogP contribution in [0, 0.1) is 4.78 Å². The maximum Gasteiger partial charge on any atom is 0.407 e. The molecule has 1 heterocycles. The van der Waals surface area contributed by atoms with Gasteiger partial charge in [0.2, 0.25) is 0 Å². The molecular formula is C9H18N2O4S. The van der Waals surface area contributed by atoms with Gasteiger partial charge in [0.25, 0.3) is 0 Å². The van der Waals surface area contributed by atoms with Crippen LogP contribution in [0.3, 0.4) is 0 Å². The van der Waals surface area contributed by atoms with E-state index in [2.05, 4.69) is 5.32 Å². The normalized spacial score (nSPS) is 34.0. The Kier molecular flexibility index (Phi) is 3.22. The third kappa shape index (κ3) is 3.97. The van der Waals surface area contributed by atoms with Crippen molar-refractivity contribution in [2.24, 2.45) is 0 Å². The molecular weight excluding hydrogens is 232 g/mol. The zero-order valence-electron chi connectivity index (χ0n) is 9.70. The van der Waals surface area contributed by atoms with Gasteiger partial charge in [-0.15, -0.1) is 0 Å². The number of hydrogen-bond acceptors (Lipinski definition) is 5. The molecule has 1 amide bonds. The molecule has 1 saturated heterocycles. The Morgan fingerprint density at radius 3 is 2.44 bits per heavy atom. The maximum atomic E-state index is 11.2. The Balaban J connectivity index is 2.34. The van der Waals surface area contributed by atoms with Gasteiger partial charge in [-0.1, -0.05) is 0 Å². The molecule has 1 aliphatic heterocycles. The molecule has 0 saturated carbocycles. The van der Waals surface area contributed by atoms with Gasteiger partial charge in [0.15, 0.2) is 0 Å². The number of ether oxygens (including phenoxy) is 1. The van der Waals surface area contributed by atoms with E-state index in [0.29, 0.717) is 0 Å². The first-order chi connectivity index (χ1) is 7.02. The second kappa shape index (κ2) is 3.89. The first kappa shape index (κ1) is 13.2. The largest absolute Gasteiger partial charge is 0.444 e. The summed E-state index contributed by atoms with van der Waals surface area (Å²) < 4.78 is 23.2. The number of carbonyl (C=O) groups excluding carboxylic acids is 1. The minimum Gasteiger partial charge on any atom is -0.444 e. The van der Waals surface area contributed by atoms with Crippen LogP contribution in [0.15, 0.2) is 0 Å². The van der Waals surface area contributed by atoms with Gasteiger partial charge in [-0.05, 0) is 20.8 Å². The summed E-state index contributed by atoms with van der Waals surface area (Å²) in [4.78, 5) is 11.2. The van der Waals surface area contributed by atoms with Crippen molar-refractivity contribution in [1.82, 2.24) is 5.32 Å². The Bertz CT molecular complexity index is 371. The highest BCUT2D eigenvalue weighted by molar-refractivity contribution is 7.94. The van der Waals surface area contributed by atoms with Crippen LogP contribution in [-0.4, -0.2) is 44.7 Å². The summed E-state index contributed by atoms with van der Waals surface area (Å²) in [6, 6.07) is 0. The van der Waals surface area contributed by atoms with E-state index in [-0.39, 0.29) is 18.1 Å². The van der Waals surface area contributed by atoms with E-state index in [4.69, 9.17) is 9.52 Å². The lowest BCUT2D eigenvalue weighted by Gasteiger charge is -2.38. The number of hydrogen-bond donors (Lipinski definition) is 3. The van der Waals surface area contributed by atoms with Crippen LogP contribution < -0.4 is 5.32 Å². The average Bonchev–Trinajstić information content (AvgIpc) is 1.93. The standard InChI is InChI=1S/C9H18N2O4S/c1-8(2,3)15-7(12)11-4-9(13)5-16(10,14)6-9/h10,13H,4-6H2,1-3H3,(H,11,12). The number of amides is 1. The van der Waals surface area contributed by atoms with Crippen LogP contribution in [0.2, 0.25) is 0 Å². The Morgan fingerprint density at radius 1 is 1.56 bits per heavy atom. The second-order valence-electron chi connectivity index (χ2n) is 5.18. The number of carbonyl (C=O) groups is 1. The van der Waals surface area contributed by atoms with Crippen molar-refractivity contribution in [3.05, 3.63) is 0 Å². The highest BCUT2D eigenvalue weighted by Crippen LogP contribution is 2.23. The summed E-state index contributed by atoms with van der Waals surface area (Å²) in [5, 5.41) is 12.1. The zero-order chi connectivity index (χ0) is 12.6. The van der Waals surface area contributed by atoms with Gasteiger partial charge in [-0.2, -0.15) is 0 Å². The highest BCUT2D eigenvalue weighted by Gasteiger charge is 2.44. The molecule has 94 valence electrons. The quantitative estimate of drug-likeness (QED) is 0.656. The fourth-order valence-corrected chi connectivity index (χ4v) is 3.33. The Morgan fingerprint density at radius 2 is 2.06 bits per heavy atom. The summed E-state index contributed by atoms with van der Waals surface area (Å²) in [6.07, 6.45) is -0.621. The molecule has 0 bridgehead atoms.